The molecule has 1 heterocycles. The van der Waals surface area contributed by atoms with Crippen LogP contribution >= 0.6 is 0 Å². The van der Waals surface area contributed by atoms with Gasteiger partial charge in [-0.1, -0.05) is 32.1 Å². The van der Waals surface area contributed by atoms with Gasteiger partial charge in [0.15, 0.2) is 0 Å². The summed E-state index contributed by atoms with van der Waals surface area (Å²) in [7, 11) is 0. The van der Waals surface area contributed by atoms with Gasteiger partial charge in [-0.05, 0) is 18.8 Å². The van der Waals surface area contributed by atoms with Crippen LogP contribution in [0.2, 0.25) is 0 Å². The Kier molecular flexibility index (Phi) is 4.44. The van der Waals surface area contributed by atoms with Crippen LogP contribution in [0.4, 0.5) is 4.79 Å². The van der Waals surface area contributed by atoms with E-state index in [1.807, 2.05) is 0 Å². The summed E-state index contributed by atoms with van der Waals surface area (Å²) in [6.07, 6.45) is 7.56. The van der Waals surface area contributed by atoms with Crippen LogP contribution in [0.3, 0.4) is 0 Å². The highest BCUT2D eigenvalue weighted by atomic mass is 16.4. The molecule has 0 unspecified atom stereocenters. The number of carbonyl (C=O) groups excluding carboxylic acids is 1. The van der Waals surface area contributed by atoms with Gasteiger partial charge >= 0.3 is 6.09 Å². The zero-order chi connectivity index (χ0) is 13.0. The van der Waals surface area contributed by atoms with Gasteiger partial charge in [-0.2, -0.15) is 0 Å². The number of amides is 2. The highest BCUT2D eigenvalue weighted by molar-refractivity contribution is 5.90. The molecule has 1 saturated carbocycles. The molecular formula is C13H22N2O3. The molecule has 0 bridgehead atoms. The topological polar surface area (TPSA) is 69.6 Å². The first-order valence-electron chi connectivity index (χ1n) is 6.96. The molecule has 0 radical (unpaired) electrons. The van der Waals surface area contributed by atoms with Crippen molar-refractivity contribution in [2.45, 2.75) is 51.0 Å². The van der Waals surface area contributed by atoms with Gasteiger partial charge in [0.2, 0.25) is 5.91 Å². The van der Waals surface area contributed by atoms with Gasteiger partial charge in [0.25, 0.3) is 0 Å². The maximum absolute atomic E-state index is 11.2. The Balaban J connectivity index is 1.72. The molecule has 2 amide bonds. The highest BCUT2D eigenvalue weighted by Crippen LogP contribution is 2.27. The van der Waals surface area contributed by atoms with Gasteiger partial charge in [-0.25, -0.2) is 4.79 Å². The second-order valence-electron chi connectivity index (χ2n) is 5.38. The van der Waals surface area contributed by atoms with Crippen molar-refractivity contribution >= 4 is 12.0 Å². The summed E-state index contributed by atoms with van der Waals surface area (Å²) in [5, 5.41) is 11.7. The molecular weight excluding hydrogens is 232 g/mol. The van der Waals surface area contributed by atoms with Crippen LogP contribution in [0, 0.1) is 5.92 Å². The first-order chi connectivity index (χ1) is 8.68. The first kappa shape index (κ1) is 13.2. The molecule has 1 aliphatic carbocycles. The van der Waals surface area contributed by atoms with Crippen molar-refractivity contribution in [2.24, 2.45) is 5.92 Å². The largest absolute Gasteiger partial charge is 0.465 e. The standard InChI is InChI=1S/C13H22N2O3/c16-12-11(9-14-12)15(13(17)18)8-4-7-10-5-2-1-3-6-10/h10-11H,1-9H2,(H,14,16)(H,17,18)/t11-/m0/s1. The smallest absolute Gasteiger partial charge is 0.408 e. The average Bonchev–Trinajstić information content (AvgIpc) is 2.36. The maximum atomic E-state index is 11.2. The fourth-order valence-electron chi connectivity index (χ4n) is 2.94. The summed E-state index contributed by atoms with van der Waals surface area (Å²) >= 11 is 0. The lowest BCUT2D eigenvalue weighted by Gasteiger charge is -2.35. The van der Waals surface area contributed by atoms with E-state index in [0.717, 1.165) is 18.8 Å². The van der Waals surface area contributed by atoms with Crippen LogP contribution in [0.25, 0.3) is 0 Å². The zero-order valence-corrected chi connectivity index (χ0v) is 10.7. The Morgan fingerprint density at radius 1 is 1.33 bits per heavy atom. The van der Waals surface area contributed by atoms with Crippen molar-refractivity contribution < 1.29 is 14.7 Å². The third kappa shape index (κ3) is 3.15. The lowest BCUT2D eigenvalue weighted by Crippen LogP contribution is -2.63. The normalized spacial score (nSPS) is 24.2. The zero-order valence-electron chi connectivity index (χ0n) is 10.7. The van der Waals surface area contributed by atoms with Crippen molar-refractivity contribution in [3.05, 3.63) is 0 Å². The lowest BCUT2D eigenvalue weighted by atomic mass is 9.86. The van der Waals surface area contributed by atoms with E-state index in [1.165, 1.54) is 37.0 Å². The van der Waals surface area contributed by atoms with Gasteiger partial charge in [0, 0.05) is 13.1 Å². The van der Waals surface area contributed by atoms with Gasteiger partial charge in [-0.3, -0.25) is 9.69 Å². The Hall–Kier alpha value is -1.26. The molecule has 2 aliphatic rings. The number of hydrogen-bond acceptors (Lipinski definition) is 2. The SMILES string of the molecule is O=C1NC[C@@H]1N(CCCC1CCCCC1)C(=O)O. The van der Waals surface area contributed by atoms with Crippen LogP contribution in [0.5, 0.6) is 0 Å². The Bertz CT molecular complexity index is 313. The van der Waals surface area contributed by atoms with E-state index in [0.29, 0.717) is 13.1 Å². The number of nitrogens with one attached hydrogen (secondary N) is 1. The summed E-state index contributed by atoms with van der Waals surface area (Å²) in [5.74, 6) is 0.611. The van der Waals surface area contributed by atoms with Crippen LogP contribution in [-0.2, 0) is 4.79 Å². The second-order valence-corrected chi connectivity index (χ2v) is 5.38. The number of rotatable bonds is 5. The summed E-state index contributed by atoms with van der Waals surface area (Å²) < 4.78 is 0. The minimum atomic E-state index is -0.974. The third-order valence-electron chi connectivity index (χ3n) is 4.13. The first-order valence-corrected chi connectivity index (χ1v) is 6.96. The molecule has 0 aromatic rings. The minimum absolute atomic E-state index is 0.157. The van der Waals surface area contributed by atoms with E-state index in [4.69, 9.17) is 5.11 Å². The molecule has 2 rings (SSSR count). The summed E-state index contributed by atoms with van der Waals surface area (Å²) in [6, 6.07) is -0.450. The van der Waals surface area contributed by atoms with Crippen molar-refractivity contribution in [1.82, 2.24) is 10.2 Å². The minimum Gasteiger partial charge on any atom is -0.465 e. The maximum Gasteiger partial charge on any atom is 0.408 e. The molecule has 0 aromatic carbocycles. The molecule has 2 N–H and O–H groups in total. The fraction of sp³-hybridized carbons (Fsp3) is 0.846. The number of carboxylic acid groups (broad SMARTS) is 1. The molecule has 102 valence electrons. The number of β-lactam (4-membered cyclic amide) rings is 1. The van der Waals surface area contributed by atoms with E-state index >= 15 is 0 Å². The van der Waals surface area contributed by atoms with Crippen LogP contribution in [-0.4, -0.2) is 41.1 Å². The molecule has 5 nitrogen and oxygen atoms in total. The Morgan fingerprint density at radius 2 is 2.06 bits per heavy atom. The number of carbonyl (C=O) groups is 2. The van der Waals surface area contributed by atoms with Crippen LogP contribution in [0.1, 0.15) is 44.9 Å². The van der Waals surface area contributed by atoms with Gasteiger partial charge in [0.1, 0.15) is 6.04 Å². The number of nitrogens with zero attached hydrogens (tertiary/aromatic N) is 1. The molecule has 1 saturated heterocycles. The van der Waals surface area contributed by atoms with Crippen molar-refractivity contribution in [3.8, 4) is 0 Å². The van der Waals surface area contributed by atoms with Gasteiger partial charge < -0.3 is 10.4 Å². The lowest BCUT2D eigenvalue weighted by molar-refractivity contribution is -0.132. The third-order valence-corrected chi connectivity index (χ3v) is 4.13. The van der Waals surface area contributed by atoms with E-state index in [1.54, 1.807) is 0 Å². The average molecular weight is 254 g/mol. The van der Waals surface area contributed by atoms with E-state index in [9.17, 15) is 9.59 Å². The number of hydrogen-bond donors (Lipinski definition) is 2. The predicted octanol–water partition coefficient (Wildman–Crippen LogP) is 1.83. The molecule has 1 atom stereocenters. The monoisotopic (exact) mass is 254 g/mol. The molecule has 5 heteroatoms. The van der Waals surface area contributed by atoms with Crippen LogP contribution in [0.15, 0.2) is 0 Å². The fourth-order valence-corrected chi connectivity index (χ4v) is 2.94. The highest BCUT2D eigenvalue weighted by Gasteiger charge is 2.36. The quantitative estimate of drug-likeness (QED) is 0.735. The molecule has 1 aliphatic heterocycles. The Labute approximate surface area is 108 Å². The summed E-state index contributed by atoms with van der Waals surface area (Å²) in [4.78, 5) is 23.6. The van der Waals surface area contributed by atoms with E-state index in [-0.39, 0.29) is 5.91 Å². The molecule has 2 fully saturated rings. The van der Waals surface area contributed by atoms with Crippen molar-refractivity contribution in [2.75, 3.05) is 13.1 Å². The Morgan fingerprint density at radius 3 is 2.56 bits per heavy atom. The van der Waals surface area contributed by atoms with Crippen LogP contribution < -0.4 is 5.32 Å². The summed E-state index contributed by atoms with van der Waals surface area (Å²) in [5.41, 5.74) is 0. The van der Waals surface area contributed by atoms with Gasteiger partial charge in [0.05, 0.1) is 0 Å². The van der Waals surface area contributed by atoms with E-state index < -0.39 is 12.1 Å². The predicted molar refractivity (Wildman–Crippen MR) is 67.3 cm³/mol. The van der Waals surface area contributed by atoms with Gasteiger partial charge in [-0.15, -0.1) is 0 Å². The molecule has 0 aromatic heterocycles. The summed E-state index contributed by atoms with van der Waals surface area (Å²) in [6.45, 7) is 0.957. The van der Waals surface area contributed by atoms with E-state index in [2.05, 4.69) is 5.32 Å². The molecule has 18 heavy (non-hydrogen) atoms. The second kappa shape index (κ2) is 6.07. The van der Waals surface area contributed by atoms with Crippen molar-refractivity contribution in [1.29, 1.82) is 0 Å². The van der Waals surface area contributed by atoms with Crippen molar-refractivity contribution in [3.63, 3.8) is 0 Å². The molecule has 0 spiro atoms.